The summed E-state index contributed by atoms with van der Waals surface area (Å²) in [5.74, 6) is -0.565. The van der Waals surface area contributed by atoms with Crippen molar-refractivity contribution in [2.45, 2.75) is 13.0 Å². The molecule has 1 aromatic heterocycles. The van der Waals surface area contributed by atoms with E-state index in [1.807, 2.05) is 18.2 Å². The molecule has 1 heterocycles. The summed E-state index contributed by atoms with van der Waals surface area (Å²) in [7, 11) is 0. The van der Waals surface area contributed by atoms with Crippen LogP contribution in [0.4, 0.5) is 10.1 Å². The lowest BCUT2D eigenvalue weighted by Crippen LogP contribution is -2.17. The minimum absolute atomic E-state index is 0.236. The van der Waals surface area contributed by atoms with Crippen LogP contribution < -0.4 is 5.32 Å². The Hall–Kier alpha value is -2.34. The fourth-order valence-electron chi connectivity index (χ4n) is 1.78. The second kappa shape index (κ2) is 6.72. The molecule has 6 heteroatoms. The van der Waals surface area contributed by atoms with E-state index in [0.717, 1.165) is 18.2 Å². The van der Waals surface area contributed by atoms with Gasteiger partial charge in [0.25, 0.3) is 5.69 Å². The molecule has 1 aromatic carbocycles. The first-order valence-corrected chi connectivity index (χ1v) is 6.20. The van der Waals surface area contributed by atoms with Gasteiger partial charge in [0.2, 0.25) is 0 Å². The van der Waals surface area contributed by atoms with E-state index in [0.29, 0.717) is 18.7 Å². The number of halogens is 1. The molecule has 0 aliphatic carbocycles. The average molecular weight is 275 g/mol. The van der Waals surface area contributed by atoms with Gasteiger partial charge in [0.1, 0.15) is 5.82 Å². The zero-order valence-electron chi connectivity index (χ0n) is 10.8. The molecule has 0 aliphatic heterocycles. The standard InChI is InChI=1S/C14H14FN3O2/c15-14-9-13(18(19)20)5-4-11(14)10-16-8-6-12-3-1-2-7-17-12/h1-5,7,9,16H,6,8,10H2. The number of pyridine rings is 1. The second-order valence-corrected chi connectivity index (χ2v) is 4.28. The molecule has 0 aliphatic rings. The molecule has 5 nitrogen and oxygen atoms in total. The minimum atomic E-state index is -0.610. The Balaban J connectivity index is 1.84. The lowest BCUT2D eigenvalue weighted by Gasteiger charge is -2.05. The van der Waals surface area contributed by atoms with Crippen LogP contribution in [0, 0.1) is 15.9 Å². The van der Waals surface area contributed by atoms with Crippen LogP contribution in [0.25, 0.3) is 0 Å². The molecule has 0 spiro atoms. The van der Waals surface area contributed by atoms with Crippen LogP contribution in [-0.4, -0.2) is 16.5 Å². The highest BCUT2D eigenvalue weighted by Gasteiger charge is 2.10. The highest BCUT2D eigenvalue weighted by atomic mass is 19.1. The van der Waals surface area contributed by atoms with Crippen molar-refractivity contribution in [2.75, 3.05) is 6.54 Å². The summed E-state index contributed by atoms with van der Waals surface area (Å²) in [5, 5.41) is 13.6. The molecule has 0 radical (unpaired) electrons. The molecule has 0 saturated heterocycles. The van der Waals surface area contributed by atoms with Gasteiger partial charge in [-0.3, -0.25) is 15.1 Å². The van der Waals surface area contributed by atoms with Gasteiger partial charge in [-0.25, -0.2) is 4.39 Å². The summed E-state index contributed by atoms with van der Waals surface area (Å²) >= 11 is 0. The molecule has 104 valence electrons. The molecule has 0 saturated carbocycles. The van der Waals surface area contributed by atoms with Gasteiger partial charge in [0.05, 0.1) is 11.0 Å². The van der Waals surface area contributed by atoms with Gasteiger partial charge < -0.3 is 5.32 Å². The summed E-state index contributed by atoms with van der Waals surface area (Å²) in [4.78, 5) is 14.1. The van der Waals surface area contributed by atoms with Crippen molar-refractivity contribution in [3.8, 4) is 0 Å². The minimum Gasteiger partial charge on any atom is -0.312 e. The summed E-state index contributed by atoms with van der Waals surface area (Å²) in [6, 6.07) is 9.37. The second-order valence-electron chi connectivity index (χ2n) is 4.28. The smallest absolute Gasteiger partial charge is 0.272 e. The van der Waals surface area contributed by atoms with Gasteiger partial charge in [0, 0.05) is 43.0 Å². The van der Waals surface area contributed by atoms with Crippen molar-refractivity contribution in [3.63, 3.8) is 0 Å². The van der Waals surface area contributed by atoms with Crippen LogP contribution in [0.15, 0.2) is 42.6 Å². The first-order chi connectivity index (χ1) is 9.66. The Morgan fingerprint density at radius 3 is 2.80 bits per heavy atom. The normalized spacial score (nSPS) is 10.4. The maximum absolute atomic E-state index is 13.6. The first-order valence-electron chi connectivity index (χ1n) is 6.20. The number of nitro groups is 1. The number of hydrogen-bond acceptors (Lipinski definition) is 4. The third-order valence-corrected chi connectivity index (χ3v) is 2.85. The number of aromatic nitrogens is 1. The van der Waals surface area contributed by atoms with Gasteiger partial charge in [-0.05, 0) is 18.2 Å². The number of nitrogens with one attached hydrogen (secondary N) is 1. The van der Waals surface area contributed by atoms with E-state index in [1.54, 1.807) is 6.20 Å². The molecule has 0 atom stereocenters. The number of non-ortho nitro benzene ring substituents is 1. The fourth-order valence-corrected chi connectivity index (χ4v) is 1.78. The predicted molar refractivity (Wildman–Crippen MR) is 72.7 cm³/mol. The Labute approximate surface area is 115 Å². The number of rotatable bonds is 6. The molecule has 20 heavy (non-hydrogen) atoms. The Bertz CT molecular complexity index is 590. The molecule has 1 N–H and O–H groups in total. The highest BCUT2D eigenvalue weighted by molar-refractivity contribution is 5.34. The molecule has 0 bridgehead atoms. The average Bonchev–Trinajstić information content (AvgIpc) is 2.46. The van der Waals surface area contributed by atoms with Crippen LogP contribution >= 0.6 is 0 Å². The third kappa shape index (κ3) is 3.83. The fraction of sp³-hybridized carbons (Fsp3) is 0.214. The predicted octanol–water partition coefficient (Wildman–Crippen LogP) is 2.46. The van der Waals surface area contributed by atoms with Crippen LogP contribution in [0.5, 0.6) is 0 Å². The van der Waals surface area contributed by atoms with E-state index >= 15 is 0 Å². The maximum atomic E-state index is 13.6. The van der Waals surface area contributed by atoms with E-state index < -0.39 is 10.7 Å². The molecule has 0 unspecified atom stereocenters. The molecule has 2 rings (SSSR count). The number of nitro benzene ring substituents is 1. The van der Waals surface area contributed by atoms with Gasteiger partial charge in [-0.1, -0.05) is 6.07 Å². The zero-order valence-corrected chi connectivity index (χ0v) is 10.8. The van der Waals surface area contributed by atoms with Crippen LogP contribution in [0.1, 0.15) is 11.3 Å². The lowest BCUT2D eigenvalue weighted by molar-refractivity contribution is -0.385. The Kier molecular flexibility index (Phi) is 4.73. The Morgan fingerprint density at radius 2 is 2.15 bits per heavy atom. The molecular formula is C14H14FN3O2. The molecular weight excluding hydrogens is 261 g/mol. The van der Waals surface area contributed by atoms with Crippen molar-refractivity contribution in [2.24, 2.45) is 0 Å². The number of hydrogen-bond donors (Lipinski definition) is 1. The van der Waals surface area contributed by atoms with E-state index in [4.69, 9.17) is 0 Å². The van der Waals surface area contributed by atoms with Crippen molar-refractivity contribution < 1.29 is 9.31 Å². The SMILES string of the molecule is O=[N+]([O-])c1ccc(CNCCc2ccccn2)c(F)c1. The van der Waals surface area contributed by atoms with E-state index in [1.165, 1.54) is 12.1 Å². The van der Waals surface area contributed by atoms with Crippen molar-refractivity contribution in [3.05, 3.63) is 69.8 Å². The van der Waals surface area contributed by atoms with Gasteiger partial charge >= 0.3 is 0 Å². The third-order valence-electron chi connectivity index (χ3n) is 2.85. The monoisotopic (exact) mass is 275 g/mol. The largest absolute Gasteiger partial charge is 0.312 e. The van der Waals surface area contributed by atoms with Crippen LogP contribution in [-0.2, 0) is 13.0 Å². The van der Waals surface area contributed by atoms with Crippen molar-refractivity contribution in [1.29, 1.82) is 0 Å². The van der Waals surface area contributed by atoms with Gasteiger partial charge in [0.15, 0.2) is 0 Å². The number of benzene rings is 1. The van der Waals surface area contributed by atoms with Gasteiger partial charge in [-0.2, -0.15) is 0 Å². The van der Waals surface area contributed by atoms with E-state index in [-0.39, 0.29) is 5.69 Å². The Morgan fingerprint density at radius 1 is 1.30 bits per heavy atom. The maximum Gasteiger partial charge on any atom is 0.272 e. The first kappa shape index (κ1) is 14.1. The summed E-state index contributed by atoms with van der Waals surface area (Å²) < 4.78 is 13.6. The summed E-state index contributed by atoms with van der Waals surface area (Å²) in [6.07, 6.45) is 2.47. The molecule has 0 amide bonds. The summed E-state index contributed by atoms with van der Waals surface area (Å²) in [6.45, 7) is 0.990. The lowest BCUT2D eigenvalue weighted by atomic mass is 10.2. The van der Waals surface area contributed by atoms with Gasteiger partial charge in [-0.15, -0.1) is 0 Å². The quantitative estimate of drug-likeness (QED) is 0.499. The van der Waals surface area contributed by atoms with Crippen molar-refractivity contribution >= 4 is 5.69 Å². The highest BCUT2D eigenvalue weighted by Crippen LogP contribution is 2.16. The van der Waals surface area contributed by atoms with Crippen molar-refractivity contribution in [1.82, 2.24) is 10.3 Å². The summed E-state index contributed by atoms with van der Waals surface area (Å²) in [5.41, 5.74) is 1.14. The van der Waals surface area contributed by atoms with E-state index in [9.17, 15) is 14.5 Å². The molecule has 0 fully saturated rings. The van der Waals surface area contributed by atoms with E-state index in [2.05, 4.69) is 10.3 Å². The van der Waals surface area contributed by atoms with Crippen LogP contribution in [0.3, 0.4) is 0 Å². The zero-order chi connectivity index (χ0) is 14.4. The molecule has 2 aromatic rings. The topological polar surface area (TPSA) is 68.1 Å². The van der Waals surface area contributed by atoms with Crippen LogP contribution in [0.2, 0.25) is 0 Å². The number of nitrogens with zero attached hydrogens (tertiary/aromatic N) is 2.